The number of thiophene rings is 1. The van der Waals surface area contributed by atoms with E-state index in [4.69, 9.17) is 4.42 Å². The molecule has 0 saturated heterocycles. The van der Waals surface area contributed by atoms with Crippen molar-refractivity contribution < 1.29 is 4.42 Å². The van der Waals surface area contributed by atoms with E-state index in [1.807, 2.05) is 29.8 Å². The van der Waals surface area contributed by atoms with Gasteiger partial charge in [0.2, 0.25) is 0 Å². The van der Waals surface area contributed by atoms with E-state index >= 15 is 0 Å². The van der Waals surface area contributed by atoms with Crippen molar-refractivity contribution in [2.75, 3.05) is 14.7 Å². The smallest absolute Gasteiger partial charge is 0.264 e. The van der Waals surface area contributed by atoms with Crippen molar-refractivity contribution in [2.24, 2.45) is 0 Å². The van der Waals surface area contributed by atoms with Crippen molar-refractivity contribution in [3.05, 3.63) is 188 Å². The molecule has 0 saturated carbocycles. The van der Waals surface area contributed by atoms with Gasteiger partial charge in [0.05, 0.1) is 11.4 Å². The molecule has 0 atom stereocenters. The van der Waals surface area contributed by atoms with Crippen molar-refractivity contribution in [1.29, 1.82) is 0 Å². The van der Waals surface area contributed by atoms with E-state index in [2.05, 4.69) is 190 Å². The van der Waals surface area contributed by atoms with Gasteiger partial charge in [-0.3, -0.25) is 4.98 Å². The summed E-state index contributed by atoms with van der Waals surface area (Å²) in [6, 6.07) is 62.9. The van der Waals surface area contributed by atoms with Gasteiger partial charge < -0.3 is 19.1 Å². The summed E-state index contributed by atoms with van der Waals surface area (Å²) >= 11 is 1.88. The number of anilines is 9. The lowest BCUT2D eigenvalue weighted by atomic mass is 9.36. The van der Waals surface area contributed by atoms with Gasteiger partial charge in [0.15, 0.2) is 5.58 Å². The molecule has 0 bridgehead atoms. The molecule has 0 aliphatic carbocycles. The van der Waals surface area contributed by atoms with Gasteiger partial charge in [0, 0.05) is 77.8 Å². The van der Waals surface area contributed by atoms with E-state index in [1.165, 1.54) is 42.9 Å². The van der Waals surface area contributed by atoms with Gasteiger partial charge in [-0.2, -0.15) is 0 Å². The van der Waals surface area contributed by atoms with Gasteiger partial charge in [-0.1, -0.05) is 97.1 Å². The summed E-state index contributed by atoms with van der Waals surface area (Å²) in [7, 11) is 0. The molecule has 7 heteroatoms. The van der Waals surface area contributed by atoms with Gasteiger partial charge >= 0.3 is 0 Å². The molecule has 10 aromatic rings. The van der Waals surface area contributed by atoms with Crippen LogP contribution in [0.5, 0.6) is 0 Å². The molecule has 0 radical (unpaired) electrons. The largest absolute Gasteiger partial charge is 0.454 e. The number of para-hydroxylation sites is 5. The Bertz CT molecular complexity index is 3130. The molecule has 7 aromatic carbocycles. The number of fused-ring (bicyclic) bond motifs is 9. The lowest BCUT2D eigenvalue weighted by molar-refractivity contribution is 0.669. The summed E-state index contributed by atoms with van der Waals surface area (Å²) in [6.45, 7) is 0.0153. The second kappa shape index (κ2) is 12.2. The number of rotatable bonds is 5. The first-order valence-corrected chi connectivity index (χ1v) is 19.7. The molecule has 3 aromatic heterocycles. The van der Waals surface area contributed by atoms with Crippen molar-refractivity contribution in [3.63, 3.8) is 0 Å². The third-order valence-electron chi connectivity index (χ3n) is 11.3. The zero-order valence-corrected chi connectivity index (χ0v) is 30.9. The topological polar surface area (TPSA) is 35.8 Å². The Morgan fingerprint density at radius 3 is 2.04 bits per heavy atom. The molecule has 12 rings (SSSR count). The van der Waals surface area contributed by atoms with E-state index in [9.17, 15) is 0 Å². The van der Waals surface area contributed by atoms with Crippen LogP contribution in [-0.2, 0) is 0 Å². The van der Waals surface area contributed by atoms with Crippen molar-refractivity contribution in [1.82, 2.24) is 4.98 Å². The number of pyridine rings is 1. The standard InChI is InChI=1S/C49H31BN4OS/c1-4-14-32(15-5-1)52(42-24-12-21-37-36-20-10-11-25-44(36)55-48(37)42)35-26-27-39-43(30-35)53(33-16-6-2-7-17-33)40-22-13-23-41-46(40)50(39)49-47(38-31-51-29-28-45(38)56-49)54(41)34-18-8-3-9-19-34/h1-31H. The Morgan fingerprint density at radius 2 is 1.23 bits per heavy atom. The van der Waals surface area contributed by atoms with Gasteiger partial charge in [-0.05, 0) is 89.8 Å². The third kappa shape index (κ3) is 4.52. The second-order valence-electron chi connectivity index (χ2n) is 14.3. The number of aromatic nitrogens is 1. The molecular weight excluding hydrogens is 703 g/mol. The molecule has 0 unspecified atom stereocenters. The maximum Gasteiger partial charge on any atom is 0.264 e. The number of benzene rings is 7. The molecule has 262 valence electrons. The quantitative estimate of drug-likeness (QED) is 0.165. The normalized spacial score (nSPS) is 12.9. The monoisotopic (exact) mass is 734 g/mol. The summed E-state index contributed by atoms with van der Waals surface area (Å²) in [4.78, 5) is 11.9. The van der Waals surface area contributed by atoms with E-state index in [-0.39, 0.29) is 6.71 Å². The van der Waals surface area contributed by atoms with E-state index < -0.39 is 0 Å². The van der Waals surface area contributed by atoms with Gasteiger partial charge in [0.25, 0.3) is 6.71 Å². The number of hydrogen-bond donors (Lipinski definition) is 0. The van der Waals surface area contributed by atoms with Crippen molar-refractivity contribution in [3.8, 4) is 0 Å². The first-order chi connectivity index (χ1) is 27.8. The first kappa shape index (κ1) is 31.3. The lowest BCUT2D eigenvalue weighted by Crippen LogP contribution is -2.60. The molecule has 0 amide bonds. The van der Waals surface area contributed by atoms with Crippen LogP contribution in [0.15, 0.2) is 193 Å². The minimum atomic E-state index is 0.0153. The van der Waals surface area contributed by atoms with Gasteiger partial charge in [-0.25, -0.2) is 0 Å². The van der Waals surface area contributed by atoms with Crippen molar-refractivity contribution >= 4 is 117 Å². The molecule has 2 aliphatic rings. The highest BCUT2D eigenvalue weighted by Crippen LogP contribution is 2.49. The molecule has 0 fully saturated rings. The highest BCUT2D eigenvalue weighted by molar-refractivity contribution is 7.33. The lowest BCUT2D eigenvalue weighted by Gasteiger charge is -2.43. The Morgan fingerprint density at radius 1 is 0.554 bits per heavy atom. The molecule has 2 aliphatic heterocycles. The van der Waals surface area contributed by atoms with Crippen LogP contribution in [0.2, 0.25) is 0 Å². The SMILES string of the molecule is c1ccc(N2c3cc(N(c4ccccc4)c4cccc5c4oc4ccccc45)ccc3B3c4sc5ccncc5c4N(c4ccccc4)c4cccc2c43)cc1. The Balaban J connectivity index is 1.14. The van der Waals surface area contributed by atoms with E-state index in [1.54, 1.807) is 0 Å². The van der Waals surface area contributed by atoms with Crippen LogP contribution in [0.1, 0.15) is 0 Å². The Hall–Kier alpha value is -7.09. The number of furan rings is 1. The second-order valence-corrected chi connectivity index (χ2v) is 15.4. The zero-order chi connectivity index (χ0) is 36.7. The van der Waals surface area contributed by atoms with Crippen LogP contribution >= 0.6 is 11.3 Å². The molecule has 56 heavy (non-hydrogen) atoms. The molecule has 5 heterocycles. The zero-order valence-electron chi connectivity index (χ0n) is 30.1. The van der Waals surface area contributed by atoms with Crippen LogP contribution in [0, 0.1) is 0 Å². The van der Waals surface area contributed by atoms with Crippen molar-refractivity contribution in [2.45, 2.75) is 0 Å². The van der Waals surface area contributed by atoms with Gasteiger partial charge in [-0.15, -0.1) is 11.3 Å². The maximum atomic E-state index is 6.67. The fourth-order valence-electron chi connectivity index (χ4n) is 9.00. The minimum absolute atomic E-state index is 0.0153. The summed E-state index contributed by atoms with van der Waals surface area (Å²) in [5.41, 5.74) is 14.4. The summed E-state index contributed by atoms with van der Waals surface area (Å²) in [5, 5.41) is 3.38. The molecular formula is C49H31BN4OS. The fourth-order valence-corrected chi connectivity index (χ4v) is 10.3. The highest BCUT2D eigenvalue weighted by atomic mass is 32.1. The van der Waals surface area contributed by atoms with Crippen LogP contribution < -0.4 is 30.4 Å². The van der Waals surface area contributed by atoms with E-state index in [0.717, 1.165) is 56.1 Å². The van der Waals surface area contributed by atoms with E-state index in [0.29, 0.717) is 0 Å². The summed E-state index contributed by atoms with van der Waals surface area (Å²) in [5.74, 6) is 0. The number of nitrogens with zero attached hydrogens (tertiary/aromatic N) is 4. The average Bonchev–Trinajstić information content (AvgIpc) is 3.84. The Kier molecular flexibility index (Phi) is 6.82. The van der Waals surface area contributed by atoms with Crippen LogP contribution in [-0.4, -0.2) is 11.7 Å². The minimum Gasteiger partial charge on any atom is -0.454 e. The third-order valence-corrected chi connectivity index (χ3v) is 12.5. The predicted molar refractivity (Wildman–Crippen MR) is 236 cm³/mol. The highest BCUT2D eigenvalue weighted by Gasteiger charge is 2.45. The first-order valence-electron chi connectivity index (χ1n) is 18.9. The predicted octanol–water partition coefficient (Wildman–Crippen LogP) is 11.7. The molecule has 0 spiro atoms. The summed E-state index contributed by atoms with van der Waals surface area (Å²) in [6.07, 6.45) is 3.95. The van der Waals surface area contributed by atoms with Crippen LogP contribution in [0.3, 0.4) is 0 Å². The maximum absolute atomic E-state index is 6.67. The van der Waals surface area contributed by atoms with Gasteiger partial charge in [0.1, 0.15) is 5.58 Å². The fraction of sp³-hybridized carbons (Fsp3) is 0. The van der Waals surface area contributed by atoms with Crippen LogP contribution in [0.4, 0.5) is 51.2 Å². The number of hydrogen-bond acceptors (Lipinski definition) is 6. The Labute approximate surface area is 328 Å². The average molecular weight is 735 g/mol. The molecule has 0 N–H and O–H groups in total. The van der Waals surface area contributed by atoms with Crippen LogP contribution in [0.25, 0.3) is 32.0 Å². The summed E-state index contributed by atoms with van der Waals surface area (Å²) < 4.78 is 9.23. The molecule has 5 nitrogen and oxygen atoms in total.